The van der Waals surface area contributed by atoms with E-state index in [-0.39, 0.29) is 24.4 Å². The predicted molar refractivity (Wildman–Crippen MR) is 94.4 cm³/mol. The Labute approximate surface area is 142 Å². The molecular formula is C18H25FN4O. The Balaban J connectivity index is 2.34. The van der Waals surface area contributed by atoms with Crippen LogP contribution in [-0.2, 0) is 6.42 Å². The van der Waals surface area contributed by atoms with E-state index in [1.54, 1.807) is 12.1 Å². The quantitative estimate of drug-likeness (QED) is 0.692. The molecule has 0 radical (unpaired) electrons. The Morgan fingerprint density at radius 1 is 1.25 bits per heavy atom. The highest BCUT2D eigenvalue weighted by atomic mass is 19.1. The molecule has 0 spiro atoms. The summed E-state index contributed by atoms with van der Waals surface area (Å²) in [6.07, 6.45) is 2.90. The molecule has 24 heavy (non-hydrogen) atoms. The van der Waals surface area contributed by atoms with Crippen LogP contribution < -0.4 is 11.1 Å². The maximum absolute atomic E-state index is 14.0. The Morgan fingerprint density at radius 2 is 2.00 bits per heavy atom. The molecule has 2 aromatic rings. The number of nitrogens with two attached hydrogens (primary N) is 1. The van der Waals surface area contributed by atoms with E-state index >= 15 is 0 Å². The molecule has 0 aliphatic carbocycles. The van der Waals surface area contributed by atoms with Crippen LogP contribution in [-0.4, -0.2) is 27.7 Å². The van der Waals surface area contributed by atoms with E-state index in [1.807, 2.05) is 13.0 Å². The van der Waals surface area contributed by atoms with Gasteiger partial charge in [0, 0.05) is 30.3 Å². The number of aliphatic hydroxyl groups excluding tert-OH is 1. The number of halogens is 1. The first-order valence-corrected chi connectivity index (χ1v) is 8.29. The molecule has 0 bridgehead atoms. The second-order valence-electron chi connectivity index (χ2n) is 5.90. The lowest BCUT2D eigenvalue weighted by Gasteiger charge is -2.21. The molecule has 4 N–H and O–H groups in total. The lowest BCUT2D eigenvalue weighted by atomic mass is 10.0. The molecule has 0 saturated heterocycles. The number of aryl methyl sites for hydroxylation is 1. The van der Waals surface area contributed by atoms with E-state index in [2.05, 4.69) is 22.2 Å². The van der Waals surface area contributed by atoms with Crippen LogP contribution in [0.3, 0.4) is 0 Å². The fraction of sp³-hybridized carbons (Fsp3) is 0.444. The van der Waals surface area contributed by atoms with Gasteiger partial charge in [-0.1, -0.05) is 31.5 Å². The Kier molecular flexibility index (Phi) is 6.49. The van der Waals surface area contributed by atoms with Gasteiger partial charge >= 0.3 is 0 Å². The molecule has 0 fully saturated rings. The van der Waals surface area contributed by atoms with Crippen LogP contribution in [0.5, 0.6) is 0 Å². The minimum absolute atomic E-state index is 0.0908. The summed E-state index contributed by atoms with van der Waals surface area (Å²) in [4.78, 5) is 8.53. The van der Waals surface area contributed by atoms with Crippen molar-refractivity contribution >= 4 is 11.8 Å². The van der Waals surface area contributed by atoms with Gasteiger partial charge in [0.15, 0.2) is 0 Å². The normalized spacial score (nSPS) is 12.2. The molecule has 0 aliphatic heterocycles. The molecule has 1 aromatic heterocycles. The van der Waals surface area contributed by atoms with Gasteiger partial charge in [-0.25, -0.2) is 9.37 Å². The van der Waals surface area contributed by atoms with Gasteiger partial charge in [-0.2, -0.15) is 4.98 Å². The first-order valence-electron chi connectivity index (χ1n) is 8.29. The number of nitrogens with one attached hydrogen (secondary N) is 1. The summed E-state index contributed by atoms with van der Waals surface area (Å²) < 4.78 is 14.0. The molecule has 0 aliphatic rings. The Hall–Kier alpha value is -2.21. The number of anilines is 2. The van der Waals surface area contributed by atoms with Crippen molar-refractivity contribution in [3.8, 4) is 0 Å². The van der Waals surface area contributed by atoms with Gasteiger partial charge in [0.25, 0.3) is 0 Å². The van der Waals surface area contributed by atoms with Crippen LogP contribution in [0.25, 0.3) is 0 Å². The number of hydrogen-bond donors (Lipinski definition) is 3. The number of nitrogen functional groups attached to an aromatic ring is 1. The topological polar surface area (TPSA) is 84.1 Å². The highest BCUT2D eigenvalue weighted by molar-refractivity contribution is 5.52. The number of aliphatic hydroxyl groups is 1. The van der Waals surface area contributed by atoms with Gasteiger partial charge in [0.2, 0.25) is 5.95 Å². The van der Waals surface area contributed by atoms with Crippen molar-refractivity contribution in [2.24, 2.45) is 0 Å². The fourth-order valence-corrected chi connectivity index (χ4v) is 2.77. The van der Waals surface area contributed by atoms with E-state index in [0.717, 1.165) is 24.1 Å². The molecule has 1 aromatic carbocycles. The standard InChI is InChI=1S/C18H25FN4O/c1-3-6-14(9-10-24)22-17-15(12(2)21-18(20)23-17)11-13-7-4-5-8-16(13)19/h4-5,7-8,14,24H,3,6,9-11H2,1-2H3,(H3,20,21,22,23). The summed E-state index contributed by atoms with van der Waals surface area (Å²) in [5.41, 5.74) is 7.93. The van der Waals surface area contributed by atoms with E-state index in [0.29, 0.717) is 24.2 Å². The van der Waals surface area contributed by atoms with Gasteiger partial charge in [-0.15, -0.1) is 0 Å². The third kappa shape index (κ3) is 4.64. The minimum Gasteiger partial charge on any atom is -0.396 e. The first-order chi connectivity index (χ1) is 11.5. The Morgan fingerprint density at radius 3 is 2.67 bits per heavy atom. The summed E-state index contributed by atoms with van der Waals surface area (Å²) >= 11 is 0. The largest absolute Gasteiger partial charge is 0.396 e. The fourth-order valence-electron chi connectivity index (χ4n) is 2.77. The maximum Gasteiger partial charge on any atom is 0.222 e. The van der Waals surface area contributed by atoms with E-state index in [9.17, 15) is 9.50 Å². The zero-order chi connectivity index (χ0) is 17.5. The molecular weight excluding hydrogens is 307 g/mol. The number of aromatic nitrogens is 2. The number of nitrogens with zero attached hydrogens (tertiary/aromatic N) is 2. The third-order valence-corrected chi connectivity index (χ3v) is 4.01. The zero-order valence-corrected chi connectivity index (χ0v) is 14.2. The van der Waals surface area contributed by atoms with Crippen molar-refractivity contribution in [1.82, 2.24) is 9.97 Å². The number of hydrogen-bond acceptors (Lipinski definition) is 5. The summed E-state index contributed by atoms with van der Waals surface area (Å²) in [6.45, 7) is 4.03. The van der Waals surface area contributed by atoms with Crippen LogP contribution in [0.1, 0.15) is 43.0 Å². The van der Waals surface area contributed by atoms with Crippen molar-refractivity contribution in [2.45, 2.75) is 45.6 Å². The predicted octanol–water partition coefficient (Wildman–Crippen LogP) is 3.06. The van der Waals surface area contributed by atoms with Crippen LogP contribution in [0.15, 0.2) is 24.3 Å². The third-order valence-electron chi connectivity index (χ3n) is 4.01. The van der Waals surface area contributed by atoms with E-state index in [1.165, 1.54) is 6.07 Å². The zero-order valence-electron chi connectivity index (χ0n) is 14.2. The summed E-state index contributed by atoms with van der Waals surface area (Å²) in [5, 5.41) is 12.6. The summed E-state index contributed by atoms with van der Waals surface area (Å²) in [7, 11) is 0. The van der Waals surface area contributed by atoms with Gasteiger partial charge in [0.1, 0.15) is 11.6 Å². The molecule has 5 nitrogen and oxygen atoms in total. The van der Waals surface area contributed by atoms with Gasteiger partial charge in [-0.3, -0.25) is 0 Å². The van der Waals surface area contributed by atoms with Crippen LogP contribution >= 0.6 is 0 Å². The van der Waals surface area contributed by atoms with Crippen molar-refractivity contribution in [3.05, 3.63) is 46.9 Å². The average molecular weight is 332 g/mol. The molecule has 2 rings (SSSR count). The lowest BCUT2D eigenvalue weighted by molar-refractivity contribution is 0.276. The molecule has 6 heteroatoms. The molecule has 0 saturated carbocycles. The average Bonchev–Trinajstić information content (AvgIpc) is 2.53. The van der Waals surface area contributed by atoms with Gasteiger partial charge in [-0.05, 0) is 31.4 Å². The lowest BCUT2D eigenvalue weighted by Crippen LogP contribution is -2.23. The molecule has 130 valence electrons. The highest BCUT2D eigenvalue weighted by Crippen LogP contribution is 2.24. The smallest absolute Gasteiger partial charge is 0.222 e. The van der Waals surface area contributed by atoms with Crippen LogP contribution in [0.2, 0.25) is 0 Å². The summed E-state index contributed by atoms with van der Waals surface area (Å²) in [5.74, 6) is 0.557. The maximum atomic E-state index is 14.0. The second-order valence-corrected chi connectivity index (χ2v) is 5.90. The molecule has 0 amide bonds. The second kappa shape index (κ2) is 8.59. The first kappa shape index (κ1) is 18.1. The minimum atomic E-state index is -0.250. The SMILES string of the molecule is CCCC(CCO)Nc1nc(N)nc(C)c1Cc1ccccc1F. The van der Waals surface area contributed by atoms with Crippen LogP contribution in [0.4, 0.5) is 16.2 Å². The van der Waals surface area contributed by atoms with E-state index < -0.39 is 0 Å². The molecule has 1 atom stereocenters. The van der Waals surface area contributed by atoms with E-state index in [4.69, 9.17) is 5.73 Å². The molecule has 1 heterocycles. The van der Waals surface area contributed by atoms with Crippen molar-refractivity contribution in [3.63, 3.8) is 0 Å². The van der Waals surface area contributed by atoms with Crippen molar-refractivity contribution in [1.29, 1.82) is 0 Å². The monoisotopic (exact) mass is 332 g/mol. The summed E-state index contributed by atoms with van der Waals surface area (Å²) in [6, 6.07) is 6.77. The number of benzene rings is 1. The van der Waals surface area contributed by atoms with Crippen molar-refractivity contribution in [2.75, 3.05) is 17.7 Å². The van der Waals surface area contributed by atoms with Crippen molar-refractivity contribution < 1.29 is 9.50 Å². The van der Waals surface area contributed by atoms with Crippen LogP contribution in [0, 0.1) is 12.7 Å². The Bertz CT molecular complexity index is 672. The molecule has 1 unspecified atom stereocenters. The van der Waals surface area contributed by atoms with Gasteiger partial charge < -0.3 is 16.2 Å². The highest BCUT2D eigenvalue weighted by Gasteiger charge is 2.16. The van der Waals surface area contributed by atoms with Gasteiger partial charge in [0.05, 0.1) is 0 Å². The number of rotatable bonds is 8.